The molecule has 5 nitrogen and oxygen atoms in total. The number of hydrogen-bond donors (Lipinski definition) is 0. The van der Waals surface area contributed by atoms with Gasteiger partial charge in [0, 0.05) is 42.8 Å². The summed E-state index contributed by atoms with van der Waals surface area (Å²) in [5, 5.41) is 3.29. The summed E-state index contributed by atoms with van der Waals surface area (Å²) in [5.41, 5.74) is 2.25. The van der Waals surface area contributed by atoms with Crippen molar-refractivity contribution in [2.45, 2.75) is 19.9 Å². The van der Waals surface area contributed by atoms with E-state index in [4.69, 9.17) is 4.74 Å². The van der Waals surface area contributed by atoms with Crippen LogP contribution < -0.4 is 0 Å². The summed E-state index contributed by atoms with van der Waals surface area (Å²) in [6, 6.07) is 1.99. The number of thiazole rings is 1. The lowest BCUT2D eigenvalue weighted by atomic mass is 10.0. The second kappa shape index (κ2) is 7.06. The highest BCUT2D eigenvalue weighted by Crippen LogP contribution is 2.16. The van der Waals surface area contributed by atoms with Gasteiger partial charge in [0.05, 0.1) is 23.9 Å². The molecular weight excluding hydrogens is 284 g/mol. The quantitative estimate of drug-likeness (QED) is 0.864. The summed E-state index contributed by atoms with van der Waals surface area (Å²) in [6.07, 6.45) is 4.35. The Morgan fingerprint density at radius 1 is 1.43 bits per heavy atom. The van der Waals surface area contributed by atoms with E-state index in [1.54, 1.807) is 23.9 Å². The zero-order valence-electron chi connectivity index (χ0n) is 12.2. The fraction of sp³-hybridized carbons (Fsp3) is 0.533. The molecular formula is C15H20N4OS. The molecule has 1 fully saturated rings. The number of ether oxygens (including phenoxy) is 1. The zero-order valence-corrected chi connectivity index (χ0v) is 13.1. The number of aryl methyl sites for hydroxylation is 1. The maximum atomic E-state index is 5.75. The third kappa shape index (κ3) is 4.30. The second-order valence-corrected chi connectivity index (χ2v) is 6.50. The molecule has 1 aliphatic heterocycles. The Balaban J connectivity index is 1.60. The van der Waals surface area contributed by atoms with Crippen molar-refractivity contribution in [3.05, 3.63) is 40.4 Å². The lowest BCUT2D eigenvalue weighted by Crippen LogP contribution is -2.30. The molecule has 21 heavy (non-hydrogen) atoms. The van der Waals surface area contributed by atoms with Crippen molar-refractivity contribution in [2.75, 3.05) is 26.3 Å². The Labute approximate surface area is 129 Å². The van der Waals surface area contributed by atoms with Crippen LogP contribution in [0.3, 0.4) is 0 Å². The lowest BCUT2D eigenvalue weighted by Gasteiger charge is -2.22. The Morgan fingerprint density at radius 2 is 2.38 bits per heavy atom. The molecule has 1 saturated heterocycles. The highest BCUT2D eigenvalue weighted by atomic mass is 32.1. The van der Waals surface area contributed by atoms with Crippen LogP contribution in [0, 0.1) is 12.8 Å². The van der Waals surface area contributed by atoms with Crippen LogP contribution in [0.5, 0.6) is 0 Å². The topological polar surface area (TPSA) is 51.1 Å². The largest absolute Gasteiger partial charge is 0.380 e. The van der Waals surface area contributed by atoms with Crippen molar-refractivity contribution in [3.8, 4) is 0 Å². The van der Waals surface area contributed by atoms with E-state index in [0.29, 0.717) is 5.92 Å². The molecule has 0 radical (unpaired) electrons. The van der Waals surface area contributed by atoms with E-state index < -0.39 is 0 Å². The third-order valence-corrected chi connectivity index (χ3v) is 4.44. The number of hydrogen-bond acceptors (Lipinski definition) is 6. The maximum absolute atomic E-state index is 5.75. The van der Waals surface area contributed by atoms with Gasteiger partial charge in [-0.3, -0.25) is 4.90 Å². The molecule has 3 heterocycles. The first-order valence-electron chi connectivity index (χ1n) is 7.25. The molecule has 0 spiro atoms. The minimum absolute atomic E-state index is 0.474. The van der Waals surface area contributed by atoms with E-state index >= 15 is 0 Å². The van der Waals surface area contributed by atoms with Gasteiger partial charge in [0.1, 0.15) is 6.33 Å². The molecule has 2 aromatic heterocycles. The van der Waals surface area contributed by atoms with Crippen molar-refractivity contribution in [1.29, 1.82) is 0 Å². The van der Waals surface area contributed by atoms with Crippen LogP contribution in [0.4, 0.5) is 0 Å². The van der Waals surface area contributed by atoms with Gasteiger partial charge in [-0.2, -0.15) is 0 Å². The van der Waals surface area contributed by atoms with Gasteiger partial charge in [0.2, 0.25) is 0 Å². The van der Waals surface area contributed by atoms with Crippen LogP contribution in [0.15, 0.2) is 24.0 Å². The van der Waals surface area contributed by atoms with E-state index in [-0.39, 0.29) is 0 Å². The first-order chi connectivity index (χ1) is 10.3. The van der Waals surface area contributed by atoms with Gasteiger partial charge in [0.15, 0.2) is 0 Å². The zero-order chi connectivity index (χ0) is 14.5. The molecule has 0 bridgehead atoms. The van der Waals surface area contributed by atoms with Crippen LogP contribution in [-0.2, 0) is 17.7 Å². The van der Waals surface area contributed by atoms with Gasteiger partial charge < -0.3 is 4.74 Å². The average molecular weight is 304 g/mol. The first-order valence-corrected chi connectivity index (χ1v) is 8.13. The molecule has 6 heteroatoms. The number of aromatic nitrogens is 3. The van der Waals surface area contributed by atoms with Gasteiger partial charge in [-0.25, -0.2) is 15.0 Å². The smallest absolute Gasteiger partial charge is 0.115 e. The van der Waals surface area contributed by atoms with Crippen molar-refractivity contribution < 1.29 is 4.74 Å². The Morgan fingerprint density at radius 3 is 3.14 bits per heavy atom. The summed E-state index contributed by atoms with van der Waals surface area (Å²) in [6.45, 7) is 6.56. The second-order valence-electron chi connectivity index (χ2n) is 5.44. The molecule has 0 saturated carbocycles. The average Bonchev–Trinajstić information content (AvgIpc) is 2.76. The molecule has 1 atom stereocenters. The Hall–Kier alpha value is -1.37. The summed E-state index contributed by atoms with van der Waals surface area (Å²) in [5.74, 6) is 0.474. The fourth-order valence-corrected chi connectivity index (χ4v) is 3.27. The monoisotopic (exact) mass is 304 g/mol. The van der Waals surface area contributed by atoms with E-state index in [1.807, 2.05) is 6.07 Å². The summed E-state index contributed by atoms with van der Waals surface area (Å²) in [7, 11) is 0. The maximum Gasteiger partial charge on any atom is 0.115 e. The summed E-state index contributed by atoms with van der Waals surface area (Å²) >= 11 is 1.72. The molecule has 0 amide bonds. The van der Waals surface area contributed by atoms with Crippen LogP contribution in [-0.4, -0.2) is 46.2 Å². The highest BCUT2D eigenvalue weighted by Gasteiger charge is 2.20. The van der Waals surface area contributed by atoms with Crippen molar-refractivity contribution in [1.82, 2.24) is 19.9 Å². The predicted molar refractivity (Wildman–Crippen MR) is 82.2 cm³/mol. The number of rotatable bonds is 4. The standard InChI is InChI=1S/C15H20N4OS/c1-12-18-15(10-21-12)8-19-4-5-20-9-13(7-19)6-14-2-3-16-11-17-14/h2-3,10-11,13H,4-9H2,1H3/t13-/m1/s1. The van der Waals surface area contributed by atoms with Crippen molar-refractivity contribution in [2.24, 2.45) is 5.92 Å². The van der Waals surface area contributed by atoms with Crippen LogP contribution in [0.1, 0.15) is 16.4 Å². The molecule has 112 valence electrons. The predicted octanol–water partition coefficient (Wildman–Crippen LogP) is 1.93. The normalized spacial score (nSPS) is 20.3. The Bertz CT molecular complexity index is 560. The fourth-order valence-electron chi connectivity index (χ4n) is 2.66. The van der Waals surface area contributed by atoms with Gasteiger partial charge in [0.25, 0.3) is 0 Å². The lowest BCUT2D eigenvalue weighted by molar-refractivity contribution is 0.121. The van der Waals surface area contributed by atoms with Gasteiger partial charge >= 0.3 is 0 Å². The molecule has 1 aliphatic rings. The van der Waals surface area contributed by atoms with Gasteiger partial charge in [-0.1, -0.05) is 0 Å². The summed E-state index contributed by atoms with van der Waals surface area (Å²) < 4.78 is 5.75. The third-order valence-electron chi connectivity index (χ3n) is 3.62. The molecule has 3 rings (SSSR count). The van der Waals surface area contributed by atoms with Crippen LogP contribution in [0.2, 0.25) is 0 Å². The SMILES string of the molecule is Cc1nc(CN2CCOC[C@H](Cc3ccncn3)C2)cs1. The molecule has 0 aliphatic carbocycles. The van der Waals surface area contributed by atoms with Gasteiger partial charge in [-0.15, -0.1) is 11.3 Å². The van der Waals surface area contributed by atoms with E-state index in [0.717, 1.165) is 50.0 Å². The summed E-state index contributed by atoms with van der Waals surface area (Å²) in [4.78, 5) is 15.3. The Kier molecular flexibility index (Phi) is 4.90. The molecule has 0 N–H and O–H groups in total. The molecule has 0 aromatic carbocycles. The molecule has 2 aromatic rings. The van der Waals surface area contributed by atoms with Crippen molar-refractivity contribution >= 4 is 11.3 Å². The van der Waals surface area contributed by atoms with Crippen LogP contribution in [0.25, 0.3) is 0 Å². The number of nitrogens with zero attached hydrogens (tertiary/aromatic N) is 4. The minimum atomic E-state index is 0.474. The van der Waals surface area contributed by atoms with Crippen molar-refractivity contribution in [3.63, 3.8) is 0 Å². The van der Waals surface area contributed by atoms with Crippen LogP contribution >= 0.6 is 11.3 Å². The first kappa shape index (κ1) is 14.6. The van der Waals surface area contributed by atoms with Gasteiger partial charge in [-0.05, 0) is 19.4 Å². The van der Waals surface area contributed by atoms with E-state index in [1.165, 1.54) is 5.69 Å². The minimum Gasteiger partial charge on any atom is -0.380 e. The van der Waals surface area contributed by atoms with E-state index in [2.05, 4.69) is 32.2 Å². The van der Waals surface area contributed by atoms with E-state index in [9.17, 15) is 0 Å². The highest BCUT2D eigenvalue weighted by molar-refractivity contribution is 7.09. The molecule has 0 unspecified atom stereocenters.